The summed E-state index contributed by atoms with van der Waals surface area (Å²) >= 11 is 0. The molecule has 2 amide bonds. The first-order valence-electron chi connectivity index (χ1n) is 5.76. The minimum absolute atomic E-state index is 0.0233. The van der Waals surface area contributed by atoms with Crippen LogP contribution in [0.5, 0.6) is 0 Å². The van der Waals surface area contributed by atoms with Crippen molar-refractivity contribution < 1.29 is 9.59 Å². The number of pyridine rings is 1. The molecule has 0 aromatic carbocycles. The number of hydrogen-bond acceptors (Lipinski definition) is 3. The number of fused-ring (bicyclic) bond motifs is 1. The molecule has 0 radical (unpaired) electrons. The van der Waals surface area contributed by atoms with Crippen LogP contribution in [0.25, 0.3) is 0 Å². The predicted molar refractivity (Wildman–Crippen MR) is 60.2 cm³/mol. The molecule has 2 aliphatic rings. The maximum absolute atomic E-state index is 12.2. The number of carbonyl (C=O) groups excluding carboxylic acids is 2. The molecule has 2 atom stereocenters. The largest absolute Gasteiger partial charge is 0.351 e. The fraction of sp³-hybridized carbons (Fsp3) is 0.417. The van der Waals surface area contributed by atoms with Crippen LogP contribution >= 0.6 is 0 Å². The zero-order chi connectivity index (χ0) is 11.8. The van der Waals surface area contributed by atoms with Crippen molar-refractivity contribution in [3.8, 4) is 0 Å². The van der Waals surface area contributed by atoms with Gasteiger partial charge in [0.15, 0.2) is 0 Å². The summed E-state index contributed by atoms with van der Waals surface area (Å²) in [6.45, 7) is 0.712. The second-order valence-corrected chi connectivity index (χ2v) is 4.47. The van der Waals surface area contributed by atoms with E-state index in [0.717, 1.165) is 6.42 Å². The Labute approximate surface area is 98.8 Å². The van der Waals surface area contributed by atoms with E-state index in [2.05, 4.69) is 10.3 Å². The monoisotopic (exact) mass is 231 g/mol. The molecule has 0 unspecified atom stereocenters. The van der Waals surface area contributed by atoms with Gasteiger partial charge < -0.3 is 10.2 Å². The van der Waals surface area contributed by atoms with Crippen LogP contribution in [0.2, 0.25) is 0 Å². The summed E-state index contributed by atoms with van der Waals surface area (Å²) in [4.78, 5) is 29.3. The first-order valence-corrected chi connectivity index (χ1v) is 5.76. The lowest BCUT2D eigenvalue weighted by Gasteiger charge is -2.22. The molecule has 88 valence electrons. The Balaban J connectivity index is 1.82. The van der Waals surface area contributed by atoms with Crippen LogP contribution in [0.3, 0.4) is 0 Å². The lowest BCUT2D eigenvalue weighted by Crippen LogP contribution is -2.38. The van der Waals surface area contributed by atoms with Crippen molar-refractivity contribution in [2.75, 3.05) is 6.54 Å². The summed E-state index contributed by atoms with van der Waals surface area (Å²) in [5, 5.41) is 2.90. The van der Waals surface area contributed by atoms with Gasteiger partial charge in [-0.1, -0.05) is 0 Å². The third-order valence-electron chi connectivity index (χ3n) is 3.46. The third-order valence-corrected chi connectivity index (χ3v) is 3.46. The summed E-state index contributed by atoms with van der Waals surface area (Å²) in [5.74, 6) is 0.0192. The second kappa shape index (κ2) is 3.84. The lowest BCUT2D eigenvalue weighted by molar-refractivity contribution is -0.119. The molecule has 0 aliphatic carbocycles. The van der Waals surface area contributed by atoms with Gasteiger partial charge >= 0.3 is 0 Å². The first kappa shape index (κ1) is 10.3. The highest BCUT2D eigenvalue weighted by molar-refractivity contribution is 5.95. The smallest absolute Gasteiger partial charge is 0.255 e. The molecular formula is C12H13N3O2. The van der Waals surface area contributed by atoms with Crippen molar-refractivity contribution in [1.82, 2.24) is 15.2 Å². The quantitative estimate of drug-likeness (QED) is 0.750. The number of hydrogen-bond donors (Lipinski definition) is 1. The fourth-order valence-corrected chi connectivity index (χ4v) is 2.64. The second-order valence-electron chi connectivity index (χ2n) is 4.47. The van der Waals surface area contributed by atoms with Crippen molar-refractivity contribution in [2.24, 2.45) is 0 Å². The van der Waals surface area contributed by atoms with Gasteiger partial charge in [-0.2, -0.15) is 0 Å². The molecule has 1 aromatic rings. The third kappa shape index (κ3) is 1.67. The van der Waals surface area contributed by atoms with E-state index in [9.17, 15) is 9.59 Å². The van der Waals surface area contributed by atoms with E-state index >= 15 is 0 Å². The average molecular weight is 231 g/mol. The van der Waals surface area contributed by atoms with Gasteiger partial charge in [0.1, 0.15) is 0 Å². The highest BCUT2D eigenvalue weighted by Gasteiger charge is 2.43. The zero-order valence-electron chi connectivity index (χ0n) is 9.30. The summed E-state index contributed by atoms with van der Waals surface area (Å²) in [5.41, 5.74) is 0.590. The number of nitrogens with zero attached hydrogens (tertiary/aromatic N) is 2. The molecular weight excluding hydrogens is 218 g/mol. The molecule has 1 N–H and O–H groups in total. The van der Waals surface area contributed by atoms with Crippen LogP contribution in [0.15, 0.2) is 24.5 Å². The van der Waals surface area contributed by atoms with Crippen molar-refractivity contribution in [3.63, 3.8) is 0 Å². The Morgan fingerprint density at radius 3 is 3.18 bits per heavy atom. The minimum Gasteiger partial charge on any atom is -0.351 e. The van der Waals surface area contributed by atoms with Gasteiger partial charge in [0, 0.05) is 25.4 Å². The molecule has 0 saturated carbocycles. The maximum Gasteiger partial charge on any atom is 0.255 e. The summed E-state index contributed by atoms with van der Waals surface area (Å²) in [7, 11) is 0. The van der Waals surface area contributed by atoms with Gasteiger partial charge in [0.2, 0.25) is 5.91 Å². The van der Waals surface area contributed by atoms with E-state index < -0.39 is 0 Å². The van der Waals surface area contributed by atoms with E-state index in [-0.39, 0.29) is 23.9 Å². The van der Waals surface area contributed by atoms with E-state index in [4.69, 9.17) is 0 Å². The molecule has 2 aliphatic heterocycles. The molecule has 1 aromatic heterocycles. The molecule has 5 nitrogen and oxygen atoms in total. The van der Waals surface area contributed by atoms with Crippen LogP contribution in [0.1, 0.15) is 23.2 Å². The molecule has 2 fully saturated rings. The van der Waals surface area contributed by atoms with Crippen LogP contribution in [-0.4, -0.2) is 40.3 Å². The van der Waals surface area contributed by atoms with E-state index in [1.165, 1.54) is 0 Å². The molecule has 17 heavy (non-hydrogen) atoms. The summed E-state index contributed by atoms with van der Waals surface area (Å²) in [6.07, 6.45) is 4.49. The van der Waals surface area contributed by atoms with Gasteiger partial charge in [-0.05, 0) is 18.6 Å². The Hall–Kier alpha value is -1.91. The zero-order valence-corrected chi connectivity index (χ0v) is 9.30. The van der Waals surface area contributed by atoms with Gasteiger partial charge in [0.25, 0.3) is 5.91 Å². The van der Waals surface area contributed by atoms with E-state index in [1.54, 1.807) is 29.4 Å². The van der Waals surface area contributed by atoms with E-state index in [0.29, 0.717) is 18.5 Å². The topological polar surface area (TPSA) is 62.3 Å². The predicted octanol–water partition coefficient (Wildman–Crippen LogP) is 0.185. The van der Waals surface area contributed by atoms with Crippen molar-refractivity contribution >= 4 is 11.8 Å². The highest BCUT2D eigenvalue weighted by atomic mass is 16.2. The Morgan fingerprint density at radius 1 is 1.53 bits per heavy atom. The van der Waals surface area contributed by atoms with E-state index in [1.807, 2.05) is 0 Å². The fourth-order valence-electron chi connectivity index (χ4n) is 2.64. The molecule has 0 spiro atoms. The standard InChI is InChI=1S/C12H13N3O2/c16-11-6-10-9(14-11)3-5-15(10)12(17)8-2-1-4-13-7-8/h1-2,4,7,9-10H,3,5-6H2,(H,14,16)/t9-,10-/m1/s1. The maximum atomic E-state index is 12.2. The van der Waals surface area contributed by atoms with Crippen LogP contribution in [0.4, 0.5) is 0 Å². The number of aromatic nitrogens is 1. The first-order chi connectivity index (χ1) is 8.25. The van der Waals surface area contributed by atoms with Crippen LogP contribution in [-0.2, 0) is 4.79 Å². The van der Waals surface area contributed by atoms with Crippen molar-refractivity contribution in [1.29, 1.82) is 0 Å². The van der Waals surface area contributed by atoms with Crippen LogP contribution < -0.4 is 5.32 Å². The van der Waals surface area contributed by atoms with Gasteiger partial charge in [-0.15, -0.1) is 0 Å². The molecule has 3 heterocycles. The minimum atomic E-state index is -0.0258. The van der Waals surface area contributed by atoms with Gasteiger partial charge in [-0.25, -0.2) is 0 Å². The lowest BCUT2D eigenvalue weighted by atomic mass is 10.1. The average Bonchev–Trinajstić information content (AvgIpc) is 2.88. The highest BCUT2D eigenvalue weighted by Crippen LogP contribution is 2.26. The van der Waals surface area contributed by atoms with Gasteiger partial charge in [0.05, 0.1) is 17.6 Å². The van der Waals surface area contributed by atoms with Crippen molar-refractivity contribution in [3.05, 3.63) is 30.1 Å². The summed E-state index contributed by atoms with van der Waals surface area (Å²) in [6, 6.07) is 3.67. The van der Waals surface area contributed by atoms with Crippen LogP contribution in [0, 0.1) is 0 Å². The molecule has 3 rings (SSSR count). The number of amides is 2. The normalized spacial score (nSPS) is 26.8. The Bertz CT molecular complexity index is 460. The Morgan fingerprint density at radius 2 is 2.41 bits per heavy atom. The Kier molecular flexibility index (Phi) is 2.31. The molecule has 0 bridgehead atoms. The number of nitrogens with one attached hydrogen (secondary N) is 1. The summed E-state index contributed by atoms with van der Waals surface area (Å²) < 4.78 is 0. The SMILES string of the molecule is O=C1C[C@@H]2[C@@H](CCN2C(=O)c2cccnc2)N1. The molecule has 2 saturated heterocycles. The van der Waals surface area contributed by atoms with Gasteiger partial charge in [-0.3, -0.25) is 14.6 Å². The van der Waals surface area contributed by atoms with Crippen molar-refractivity contribution in [2.45, 2.75) is 24.9 Å². The number of likely N-dealkylation sites (tertiary alicyclic amines) is 1. The molecule has 5 heteroatoms. The number of carbonyl (C=O) groups is 2. The number of rotatable bonds is 1.